The number of amides is 2. The predicted octanol–water partition coefficient (Wildman–Crippen LogP) is 3.55. The van der Waals surface area contributed by atoms with E-state index in [1.807, 2.05) is 0 Å². The van der Waals surface area contributed by atoms with Gasteiger partial charge >= 0.3 is 0 Å². The molecule has 0 atom stereocenters. The number of nitro groups is 1. The molecule has 0 spiro atoms. The third kappa shape index (κ3) is 1.83. The summed E-state index contributed by atoms with van der Waals surface area (Å²) < 4.78 is 0. The number of imide groups is 1. The number of benzene rings is 3. The molecule has 6 nitrogen and oxygen atoms in total. The van der Waals surface area contributed by atoms with E-state index in [1.165, 1.54) is 6.07 Å². The van der Waals surface area contributed by atoms with Crippen LogP contribution in [0, 0.1) is 10.1 Å². The van der Waals surface area contributed by atoms with Gasteiger partial charge in [-0.1, -0.05) is 30.3 Å². The summed E-state index contributed by atoms with van der Waals surface area (Å²) >= 11 is 0. The highest BCUT2D eigenvalue weighted by Gasteiger charge is 2.37. The van der Waals surface area contributed by atoms with Crippen molar-refractivity contribution in [2.75, 3.05) is 4.90 Å². The molecule has 3 aromatic carbocycles. The standard InChI is InChI=1S/C18H10N2O4/c21-17-13-5-1-2-6-14(13)18(22)19(17)15-9-3-8-12-11(15)7-4-10-16(12)20(23)24/h1-10H. The molecule has 0 unspecified atom stereocenters. The van der Waals surface area contributed by atoms with Crippen LogP contribution in [0.2, 0.25) is 0 Å². The van der Waals surface area contributed by atoms with Crippen LogP contribution in [-0.4, -0.2) is 16.7 Å². The van der Waals surface area contributed by atoms with E-state index < -0.39 is 16.7 Å². The molecule has 2 amide bonds. The first-order chi connectivity index (χ1) is 11.6. The summed E-state index contributed by atoms with van der Waals surface area (Å²) in [7, 11) is 0. The van der Waals surface area contributed by atoms with Gasteiger partial charge in [-0.25, -0.2) is 4.90 Å². The maximum absolute atomic E-state index is 12.6. The Morgan fingerprint density at radius 2 is 1.33 bits per heavy atom. The average Bonchev–Trinajstić information content (AvgIpc) is 2.85. The van der Waals surface area contributed by atoms with Crippen LogP contribution in [-0.2, 0) is 0 Å². The number of nitro benzene ring substituents is 1. The fraction of sp³-hybridized carbons (Fsp3) is 0. The maximum Gasteiger partial charge on any atom is 0.277 e. The van der Waals surface area contributed by atoms with Gasteiger partial charge in [0.15, 0.2) is 0 Å². The van der Waals surface area contributed by atoms with Crippen molar-refractivity contribution in [2.24, 2.45) is 0 Å². The van der Waals surface area contributed by atoms with Gasteiger partial charge in [-0.05, 0) is 24.3 Å². The van der Waals surface area contributed by atoms with Crippen LogP contribution in [0.5, 0.6) is 0 Å². The number of carbonyl (C=O) groups excluding carboxylic acids is 2. The minimum absolute atomic E-state index is 0.0639. The number of carbonyl (C=O) groups is 2. The normalized spacial score (nSPS) is 13.4. The molecule has 0 saturated carbocycles. The SMILES string of the molecule is O=C1c2ccccc2C(=O)N1c1cccc2c([N+](=O)[O-])cccc12. The Morgan fingerprint density at radius 1 is 0.750 bits per heavy atom. The Kier molecular flexibility index (Phi) is 2.93. The minimum atomic E-state index is -0.478. The number of hydrogen-bond donors (Lipinski definition) is 0. The van der Waals surface area contributed by atoms with Crippen molar-refractivity contribution in [1.82, 2.24) is 0 Å². The number of fused-ring (bicyclic) bond motifs is 2. The molecular weight excluding hydrogens is 308 g/mol. The molecule has 0 saturated heterocycles. The summed E-state index contributed by atoms with van der Waals surface area (Å²) in [5, 5.41) is 12.1. The van der Waals surface area contributed by atoms with E-state index in [4.69, 9.17) is 0 Å². The first-order valence-electron chi connectivity index (χ1n) is 7.23. The van der Waals surface area contributed by atoms with Gasteiger partial charge in [-0.2, -0.15) is 0 Å². The highest BCUT2D eigenvalue weighted by Crippen LogP contribution is 2.36. The minimum Gasteiger partial charge on any atom is -0.268 e. The number of non-ortho nitro benzene ring substituents is 1. The third-order valence-electron chi connectivity index (χ3n) is 4.11. The molecule has 1 heterocycles. The zero-order chi connectivity index (χ0) is 16.8. The van der Waals surface area contributed by atoms with E-state index >= 15 is 0 Å². The highest BCUT2D eigenvalue weighted by molar-refractivity contribution is 6.36. The molecule has 24 heavy (non-hydrogen) atoms. The summed E-state index contributed by atoms with van der Waals surface area (Å²) in [6.07, 6.45) is 0. The Labute approximate surface area is 136 Å². The second-order valence-corrected chi connectivity index (χ2v) is 5.40. The van der Waals surface area contributed by atoms with Crippen molar-refractivity contribution < 1.29 is 14.5 Å². The molecular formula is C18H10N2O4. The summed E-state index contributed by atoms with van der Waals surface area (Å²) in [4.78, 5) is 37.1. The van der Waals surface area contributed by atoms with E-state index in [1.54, 1.807) is 54.6 Å². The van der Waals surface area contributed by atoms with Gasteiger partial charge < -0.3 is 0 Å². The number of nitrogens with zero attached hydrogens (tertiary/aromatic N) is 2. The van der Waals surface area contributed by atoms with E-state index in [-0.39, 0.29) is 5.69 Å². The predicted molar refractivity (Wildman–Crippen MR) is 88.2 cm³/mol. The molecule has 0 radical (unpaired) electrons. The summed E-state index contributed by atoms with van der Waals surface area (Å²) in [6.45, 7) is 0. The molecule has 0 aromatic heterocycles. The molecule has 1 aliphatic rings. The Hall–Kier alpha value is -3.54. The van der Waals surface area contributed by atoms with E-state index in [0.717, 1.165) is 4.90 Å². The van der Waals surface area contributed by atoms with Gasteiger partial charge in [0.2, 0.25) is 0 Å². The fourth-order valence-corrected chi connectivity index (χ4v) is 3.04. The Bertz CT molecular complexity index is 1010. The maximum atomic E-state index is 12.6. The Morgan fingerprint density at radius 3 is 1.96 bits per heavy atom. The van der Waals surface area contributed by atoms with E-state index in [2.05, 4.69) is 0 Å². The second kappa shape index (κ2) is 4.99. The third-order valence-corrected chi connectivity index (χ3v) is 4.11. The molecule has 0 N–H and O–H groups in total. The van der Waals surface area contributed by atoms with Gasteiger partial charge in [-0.15, -0.1) is 0 Å². The van der Waals surface area contributed by atoms with Crippen LogP contribution in [0.25, 0.3) is 10.8 Å². The monoisotopic (exact) mass is 318 g/mol. The number of hydrogen-bond acceptors (Lipinski definition) is 4. The first kappa shape index (κ1) is 14.1. The zero-order valence-corrected chi connectivity index (χ0v) is 12.3. The molecule has 0 aliphatic carbocycles. The molecule has 6 heteroatoms. The van der Waals surface area contributed by atoms with Gasteiger partial charge in [-0.3, -0.25) is 19.7 Å². The van der Waals surface area contributed by atoms with Crippen LogP contribution in [0.3, 0.4) is 0 Å². The van der Waals surface area contributed by atoms with Crippen molar-refractivity contribution >= 4 is 34.0 Å². The van der Waals surface area contributed by atoms with Gasteiger partial charge in [0.1, 0.15) is 0 Å². The van der Waals surface area contributed by atoms with Crippen molar-refractivity contribution in [3.63, 3.8) is 0 Å². The van der Waals surface area contributed by atoms with Crippen LogP contribution in [0.15, 0.2) is 60.7 Å². The molecule has 4 rings (SSSR count). The average molecular weight is 318 g/mol. The quantitative estimate of drug-likeness (QED) is 0.411. The van der Waals surface area contributed by atoms with E-state index in [9.17, 15) is 19.7 Å². The molecule has 1 aliphatic heterocycles. The van der Waals surface area contributed by atoms with Crippen molar-refractivity contribution in [3.8, 4) is 0 Å². The van der Waals surface area contributed by atoms with Gasteiger partial charge in [0, 0.05) is 11.5 Å². The first-order valence-corrected chi connectivity index (χ1v) is 7.23. The number of rotatable bonds is 2. The summed E-state index contributed by atoms with van der Waals surface area (Å²) in [5.74, 6) is -0.843. The smallest absolute Gasteiger partial charge is 0.268 e. The second-order valence-electron chi connectivity index (χ2n) is 5.40. The van der Waals surface area contributed by atoms with E-state index in [0.29, 0.717) is 27.6 Å². The van der Waals surface area contributed by atoms with Crippen molar-refractivity contribution in [1.29, 1.82) is 0 Å². The van der Waals surface area contributed by atoms with Gasteiger partial charge in [0.25, 0.3) is 17.5 Å². The summed E-state index contributed by atoms with van der Waals surface area (Å²) in [5.41, 5.74) is 0.961. The van der Waals surface area contributed by atoms with Crippen molar-refractivity contribution in [3.05, 3.63) is 81.9 Å². The van der Waals surface area contributed by atoms with Gasteiger partial charge in [0.05, 0.1) is 27.1 Å². The van der Waals surface area contributed by atoms with Crippen molar-refractivity contribution in [2.45, 2.75) is 0 Å². The van der Waals surface area contributed by atoms with Crippen LogP contribution >= 0.6 is 0 Å². The molecule has 0 fully saturated rings. The lowest BCUT2D eigenvalue weighted by molar-refractivity contribution is -0.383. The molecule has 3 aromatic rings. The van der Waals surface area contributed by atoms with Crippen LogP contribution < -0.4 is 4.90 Å². The largest absolute Gasteiger partial charge is 0.277 e. The zero-order valence-electron chi connectivity index (χ0n) is 12.3. The lowest BCUT2D eigenvalue weighted by atomic mass is 10.1. The molecule has 0 bridgehead atoms. The van der Waals surface area contributed by atoms with Crippen LogP contribution in [0.1, 0.15) is 20.7 Å². The fourth-order valence-electron chi connectivity index (χ4n) is 3.04. The Balaban J connectivity index is 1.96. The topological polar surface area (TPSA) is 80.5 Å². The highest BCUT2D eigenvalue weighted by atomic mass is 16.6. The lowest BCUT2D eigenvalue weighted by Gasteiger charge is -2.16. The number of anilines is 1. The molecule has 116 valence electrons. The van der Waals surface area contributed by atoms with Crippen LogP contribution in [0.4, 0.5) is 11.4 Å². The lowest BCUT2D eigenvalue weighted by Crippen LogP contribution is -2.29. The summed E-state index contributed by atoms with van der Waals surface area (Å²) in [6, 6.07) is 16.0.